The Morgan fingerprint density at radius 3 is 2.14 bits per heavy atom. The number of hydrogen-bond donors (Lipinski definition) is 0. The summed E-state index contributed by atoms with van der Waals surface area (Å²) in [6.45, 7) is 4.18. The number of halogens is 2. The smallest absolute Gasteiger partial charge is 0.0785 e. The molecule has 2 heteroatoms. The SMILES string of the molecule is CC(C)=CC(Br)I. The third-order valence-corrected chi connectivity index (χ3v) is 1.08. The number of alkyl halides is 2. The molecule has 7 heavy (non-hydrogen) atoms. The van der Waals surface area contributed by atoms with Crippen molar-refractivity contribution in [3.05, 3.63) is 11.6 Å². The minimum absolute atomic E-state index is 0.495. The van der Waals surface area contributed by atoms with Crippen molar-refractivity contribution >= 4 is 38.5 Å². The van der Waals surface area contributed by atoms with E-state index in [1.807, 2.05) is 0 Å². The molecule has 0 saturated carbocycles. The van der Waals surface area contributed by atoms with Gasteiger partial charge in [0.15, 0.2) is 0 Å². The van der Waals surface area contributed by atoms with Gasteiger partial charge in [-0.05, 0) is 13.8 Å². The van der Waals surface area contributed by atoms with Crippen molar-refractivity contribution < 1.29 is 0 Å². The second-order valence-electron chi connectivity index (χ2n) is 1.58. The van der Waals surface area contributed by atoms with Crippen molar-refractivity contribution in [3.8, 4) is 0 Å². The topological polar surface area (TPSA) is 0 Å². The van der Waals surface area contributed by atoms with Crippen LogP contribution >= 0.6 is 38.5 Å². The Hall–Kier alpha value is 0.950. The highest BCUT2D eigenvalue weighted by Gasteiger charge is 1.86. The van der Waals surface area contributed by atoms with E-state index in [2.05, 4.69) is 58.4 Å². The van der Waals surface area contributed by atoms with Crippen LogP contribution in [0.15, 0.2) is 11.6 Å². The highest BCUT2D eigenvalue weighted by atomic mass is 127. The van der Waals surface area contributed by atoms with Crippen molar-refractivity contribution in [1.82, 2.24) is 0 Å². The Morgan fingerprint density at radius 2 is 2.14 bits per heavy atom. The maximum atomic E-state index is 3.39. The van der Waals surface area contributed by atoms with E-state index in [-0.39, 0.29) is 0 Å². The largest absolute Gasteiger partial charge is 0.0844 e. The van der Waals surface area contributed by atoms with Crippen molar-refractivity contribution in [2.45, 2.75) is 16.7 Å². The zero-order chi connectivity index (χ0) is 5.86. The van der Waals surface area contributed by atoms with E-state index in [1.54, 1.807) is 0 Å². The second kappa shape index (κ2) is 3.89. The molecule has 0 saturated heterocycles. The van der Waals surface area contributed by atoms with Crippen LogP contribution in [0.3, 0.4) is 0 Å². The predicted molar refractivity (Wildman–Crippen MR) is 46.2 cm³/mol. The zero-order valence-electron chi connectivity index (χ0n) is 4.41. The van der Waals surface area contributed by atoms with E-state index in [9.17, 15) is 0 Å². The van der Waals surface area contributed by atoms with E-state index in [1.165, 1.54) is 5.57 Å². The highest BCUT2D eigenvalue weighted by molar-refractivity contribution is 14.1. The molecule has 0 bridgehead atoms. The first-order chi connectivity index (χ1) is 3.13. The Bertz CT molecular complexity index is 72.1. The quantitative estimate of drug-likeness (QED) is 0.392. The zero-order valence-corrected chi connectivity index (χ0v) is 8.15. The second-order valence-corrected chi connectivity index (χ2v) is 5.62. The van der Waals surface area contributed by atoms with Gasteiger partial charge in [-0.2, -0.15) is 0 Å². The predicted octanol–water partition coefficient (Wildman–Crippen LogP) is 3.11. The first-order valence-corrected chi connectivity index (χ1v) is 4.22. The van der Waals surface area contributed by atoms with Gasteiger partial charge in [0.1, 0.15) is 0 Å². The third kappa shape index (κ3) is 6.95. The molecule has 0 fully saturated rings. The van der Waals surface area contributed by atoms with Gasteiger partial charge in [-0.15, -0.1) is 0 Å². The van der Waals surface area contributed by atoms with Gasteiger partial charge in [0.25, 0.3) is 0 Å². The van der Waals surface area contributed by atoms with Crippen LogP contribution in [0.5, 0.6) is 0 Å². The summed E-state index contributed by atoms with van der Waals surface area (Å²) in [5, 5.41) is 0. The van der Waals surface area contributed by atoms with Crippen LogP contribution in [0.1, 0.15) is 13.8 Å². The maximum absolute atomic E-state index is 3.39. The van der Waals surface area contributed by atoms with Crippen LogP contribution < -0.4 is 0 Å². The summed E-state index contributed by atoms with van der Waals surface area (Å²) in [7, 11) is 0. The lowest BCUT2D eigenvalue weighted by Crippen LogP contribution is -1.74. The molecule has 0 nitrogen and oxygen atoms in total. The van der Waals surface area contributed by atoms with Gasteiger partial charge in [-0.3, -0.25) is 0 Å². The summed E-state index contributed by atoms with van der Waals surface area (Å²) in [6.07, 6.45) is 2.15. The molecule has 0 aromatic rings. The lowest BCUT2D eigenvalue weighted by Gasteiger charge is -1.89. The Labute approximate surface area is 66.6 Å². The van der Waals surface area contributed by atoms with Gasteiger partial charge in [0.05, 0.1) is 2.83 Å². The first-order valence-electron chi connectivity index (χ1n) is 2.06. The molecule has 42 valence electrons. The number of hydrogen-bond acceptors (Lipinski definition) is 0. The maximum Gasteiger partial charge on any atom is 0.0844 e. The molecule has 0 amide bonds. The molecular weight excluding hydrogens is 267 g/mol. The van der Waals surface area contributed by atoms with E-state index >= 15 is 0 Å². The third-order valence-electron chi connectivity index (χ3n) is 0.459. The van der Waals surface area contributed by atoms with E-state index in [4.69, 9.17) is 0 Å². The summed E-state index contributed by atoms with van der Waals surface area (Å²) in [5.41, 5.74) is 1.36. The van der Waals surface area contributed by atoms with Crippen LogP contribution in [-0.2, 0) is 0 Å². The summed E-state index contributed by atoms with van der Waals surface area (Å²) in [6, 6.07) is 0. The standard InChI is InChI=1S/C5H8BrI/c1-4(2)3-5(6)7/h3,5H,1-2H3. The summed E-state index contributed by atoms with van der Waals surface area (Å²) in [5.74, 6) is 0. The lowest BCUT2D eigenvalue weighted by molar-refractivity contribution is 1.37. The molecule has 1 unspecified atom stereocenters. The monoisotopic (exact) mass is 274 g/mol. The molecule has 0 aromatic heterocycles. The fourth-order valence-electron chi connectivity index (χ4n) is 0.252. The average molecular weight is 275 g/mol. The molecule has 0 N–H and O–H groups in total. The van der Waals surface area contributed by atoms with Crippen LogP contribution in [0.25, 0.3) is 0 Å². The molecule has 1 atom stereocenters. The van der Waals surface area contributed by atoms with Crippen LogP contribution in [0.2, 0.25) is 0 Å². The summed E-state index contributed by atoms with van der Waals surface area (Å²) in [4.78, 5) is 0. The average Bonchev–Trinajstić information content (AvgIpc) is 1.27. The Kier molecular flexibility index (Phi) is 4.42. The molecule has 0 aromatic carbocycles. The molecule has 0 heterocycles. The minimum Gasteiger partial charge on any atom is -0.0785 e. The van der Waals surface area contributed by atoms with Gasteiger partial charge >= 0.3 is 0 Å². The number of allylic oxidation sites excluding steroid dienone is 2. The van der Waals surface area contributed by atoms with Crippen molar-refractivity contribution in [2.24, 2.45) is 0 Å². The van der Waals surface area contributed by atoms with Crippen molar-refractivity contribution in [1.29, 1.82) is 0 Å². The first kappa shape index (κ1) is 7.95. The van der Waals surface area contributed by atoms with E-state index in [0.717, 1.165) is 0 Å². The van der Waals surface area contributed by atoms with Crippen molar-refractivity contribution in [2.75, 3.05) is 0 Å². The van der Waals surface area contributed by atoms with Gasteiger partial charge in [0.2, 0.25) is 0 Å². The van der Waals surface area contributed by atoms with Crippen LogP contribution in [0, 0.1) is 0 Å². The molecule has 0 aliphatic heterocycles. The van der Waals surface area contributed by atoms with Gasteiger partial charge in [0, 0.05) is 0 Å². The van der Waals surface area contributed by atoms with Crippen molar-refractivity contribution in [3.63, 3.8) is 0 Å². The minimum atomic E-state index is 0.495. The summed E-state index contributed by atoms with van der Waals surface area (Å²) < 4.78 is 0.495. The summed E-state index contributed by atoms with van der Waals surface area (Å²) >= 11 is 5.68. The molecule has 0 rings (SSSR count). The number of rotatable bonds is 1. The fraction of sp³-hybridized carbons (Fsp3) is 0.600. The van der Waals surface area contributed by atoms with E-state index in [0.29, 0.717) is 2.83 Å². The molecular formula is C5H8BrI. The molecule has 0 aliphatic rings. The van der Waals surface area contributed by atoms with Gasteiger partial charge in [-0.1, -0.05) is 50.2 Å². The Balaban J connectivity index is 3.45. The molecule has 0 radical (unpaired) electrons. The van der Waals surface area contributed by atoms with Gasteiger partial charge < -0.3 is 0 Å². The fourth-order valence-corrected chi connectivity index (χ4v) is 1.50. The van der Waals surface area contributed by atoms with Crippen LogP contribution in [-0.4, -0.2) is 2.83 Å². The molecule has 0 aliphatic carbocycles. The molecule has 0 spiro atoms. The van der Waals surface area contributed by atoms with Crippen LogP contribution in [0.4, 0.5) is 0 Å². The van der Waals surface area contributed by atoms with Gasteiger partial charge in [-0.25, -0.2) is 0 Å². The highest BCUT2D eigenvalue weighted by Crippen LogP contribution is 2.11. The normalized spacial score (nSPS) is 13.1. The van der Waals surface area contributed by atoms with E-state index < -0.39 is 0 Å². The Morgan fingerprint density at radius 1 is 1.71 bits per heavy atom. The lowest BCUT2D eigenvalue weighted by atomic mass is 10.3.